The fourth-order valence-corrected chi connectivity index (χ4v) is 2.80. The quantitative estimate of drug-likeness (QED) is 0.703. The Labute approximate surface area is 93.6 Å². The van der Waals surface area contributed by atoms with Crippen molar-refractivity contribution in [2.45, 2.75) is 38.8 Å². The summed E-state index contributed by atoms with van der Waals surface area (Å²) < 4.78 is 0. The SMILES string of the molecule is CC1NCCN(CC2CCCNC2)C1C. The topological polar surface area (TPSA) is 27.3 Å². The van der Waals surface area contributed by atoms with Crippen molar-refractivity contribution in [1.82, 2.24) is 15.5 Å². The van der Waals surface area contributed by atoms with Crippen LogP contribution in [0.4, 0.5) is 0 Å². The zero-order chi connectivity index (χ0) is 10.7. The van der Waals surface area contributed by atoms with Crippen molar-refractivity contribution in [3.8, 4) is 0 Å². The van der Waals surface area contributed by atoms with Crippen LogP contribution >= 0.6 is 0 Å². The summed E-state index contributed by atoms with van der Waals surface area (Å²) in [5.74, 6) is 0.881. The minimum Gasteiger partial charge on any atom is -0.316 e. The van der Waals surface area contributed by atoms with Gasteiger partial charge in [0.05, 0.1) is 0 Å². The average molecular weight is 211 g/mol. The number of nitrogens with one attached hydrogen (secondary N) is 2. The monoisotopic (exact) mass is 211 g/mol. The van der Waals surface area contributed by atoms with Gasteiger partial charge in [-0.05, 0) is 45.7 Å². The first-order chi connectivity index (χ1) is 7.27. The standard InChI is InChI=1S/C12H25N3/c1-10-11(2)15(7-6-14-10)9-12-4-3-5-13-8-12/h10-14H,3-9H2,1-2H3. The lowest BCUT2D eigenvalue weighted by Crippen LogP contribution is -2.57. The predicted octanol–water partition coefficient (Wildman–Crippen LogP) is 0.668. The summed E-state index contributed by atoms with van der Waals surface area (Å²) in [6.45, 7) is 10.8. The first kappa shape index (κ1) is 11.4. The predicted molar refractivity (Wildman–Crippen MR) is 64.1 cm³/mol. The summed E-state index contributed by atoms with van der Waals surface area (Å²) in [7, 11) is 0. The normalized spacial score (nSPS) is 39.2. The molecular weight excluding hydrogens is 186 g/mol. The highest BCUT2D eigenvalue weighted by molar-refractivity contribution is 4.85. The van der Waals surface area contributed by atoms with Gasteiger partial charge in [0.2, 0.25) is 0 Å². The number of hydrogen-bond donors (Lipinski definition) is 2. The summed E-state index contributed by atoms with van der Waals surface area (Å²) in [5.41, 5.74) is 0. The molecular formula is C12H25N3. The molecule has 0 aliphatic carbocycles. The van der Waals surface area contributed by atoms with Crippen LogP contribution < -0.4 is 10.6 Å². The van der Waals surface area contributed by atoms with Crippen LogP contribution in [0.5, 0.6) is 0 Å². The third kappa shape index (κ3) is 2.92. The number of nitrogens with zero attached hydrogens (tertiary/aromatic N) is 1. The minimum atomic E-state index is 0.648. The molecule has 2 fully saturated rings. The van der Waals surface area contributed by atoms with Crippen LogP contribution in [-0.4, -0.2) is 49.7 Å². The van der Waals surface area contributed by atoms with E-state index in [2.05, 4.69) is 29.4 Å². The van der Waals surface area contributed by atoms with E-state index in [1.165, 1.54) is 39.0 Å². The summed E-state index contributed by atoms with van der Waals surface area (Å²) in [4.78, 5) is 2.67. The van der Waals surface area contributed by atoms with E-state index in [1.807, 2.05) is 0 Å². The van der Waals surface area contributed by atoms with Gasteiger partial charge in [-0.2, -0.15) is 0 Å². The maximum Gasteiger partial charge on any atom is 0.0219 e. The van der Waals surface area contributed by atoms with Gasteiger partial charge in [0.15, 0.2) is 0 Å². The van der Waals surface area contributed by atoms with E-state index in [9.17, 15) is 0 Å². The van der Waals surface area contributed by atoms with Crippen LogP contribution in [0.2, 0.25) is 0 Å². The van der Waals surface area contributed by atoms with Gasteiger partial charge in [0.1, 0.15) is 0 Å². The average Bonchev–Trinajstić information content (AvgIpc) is 2.26. The molecule has 2 rings (SSSR count). The first-order valence-corrected chi connectivity index (χ1v) is 6.45. The van der Waals surface area contributed by atoms with Gasteiger partial charge >= 0.3 is 0 Å². The lowest BCUT2D eigenvalue weighted by molar-refractivity contribution is 0.110. The van der Waals surface area contributed by atoms with Crippen molar-refractivity contribution < 1.29 is 0 Å². The number of piperidine rings is 1. The van der Waals surface area contributed by atoms with Gasteiger partial charge in [-0.3, -0.25) is 4.90 Å². The van der Waals surface area contributed by atoms with Crippen LogP contribution in [0.15, 0.2) is 0 Å². The minimum absolute atomic E-state index is 0.648. The molecule has 3 unspecified atom stereocenters. The molecule has 3 nitrogen and oxygen atoms in total. The Kier molecular flexibility index (Phi) is 4.00. The highest BCUT2D eigenvalue weighted by Crippen LogP contribution is 2.16. The summed E-state index contributed by atoms with van der Waals surface area (Å²) in [6.07, 6.45) is 2.78. The highest BCUT2D eigenvalue weighted by Gasteiger charge is 2.26. The van der Waals surface area contributed by atoms with E-state index in [1.54, 1.807) is 0 Å². The second kappa shape index (κ2) is 5.28. The van der Waals surface area contributed by atoms with Gasteiger partial charge in [0, 0.05) is 31.7 Å². The summed E-state index contributed by atoms with van der Waals surface area (Å²) in [6, 6.07) is 1.34. The third-order valence-corrected chi connectivity index (χ3v) is 4.06. The number of piperazine rings is 1. The van der Waals surface area contributed by atoms with Crippen LogP contribution in [0, 0.1) is 5.92 Å². The van der Waals surface area contributed by atoms with Gasteiger partial charge in [-0.1, -0.05) is 0 Å². The Hall–Kier alpha value is -0.120. The molecule has 0 aromatic rings. The summed E-state index contributed by atoms with van der Waals surface area (Å²) in [5, 5.41) is 7.05. The van der Waals surface area contributed by atoms with E-state index in [0.717, 1.165) is 12.5 Å². The molecule has 2 aliphatic rings. The Bertz CT molecular complexity index is 189. The zero-order valence-electron chi connectivity index (χ0n) is 10.1. The second-order valence-corrected chi connectivity index (χ2v) is 5.19. The van der Waals surface area contributed by atoms with Crippen LogP contribution in [-0.2, 0) is 0 Å². The summed E-state index contributed by atoms with van der Waals surface area (Å²) >= 11 is 0. The van der Waals surface area contributed by atoms with E-state index in [0.29, 0.717) is 12.1 Å². The van der Waals surface area contributed by atoms with E-state index in [4.69, 9.17) is 0 Å². The van der Waals surface area contributed by atoms with Crippen LogP contribution in [0.25, 0.3) is 0 Å². The lowest BCUT2D eigenvalue weighted by Gasteiger charge is -2.41. The van der Waals surface area contributed by atoms with E-state index < -0.39 is 0 Å². The molecule has 2 heterocycles. The Morgan fingerprint density at radius 1 is 1.27 bits per heavy atom. The van der Waals surface area contributed by atoms with E-state index >= 15 is 0 Å². The fourth-order valence-electron chi connectivity index (χ4n) is 2.80. The molecule has 2 N–H and O–H groups in total. The van der Waals surface area contributed by atoms with Gasteiger partial charge in [-0.25, -0.2) is 0 Å². The Morgan fingerprint density at radius 2 is 2.13 bits per heavy atom. The molecule has 0 aromatic carbocycles. The van der Waals surface area contributed by atoms with Crippen LogP contribution in [0.3, 0.4) is 0 Å². The molecule has 0 amide bonds. The van der Waals surface area contributed by atoms with Crippen molar-refractivity contribution in [3.63, 3.8) is 0 Å². The number of hydrogen-bond acceptors (Lipinski definition) is 3. The molecule has 0 saturated carbocycles. The second-order valence-electron chi connectivity index (χ2n) is 5.19. The van der Waals surface area contributed by atoms with Crippen molar-refractivity contribution in [3.05, 3.63) is 0 Å². The van der Waals surface area contributed by atoms with Crippen molar-refractivity contribution in [2.75, 3.05) is 32.7 Å². The van der Waals surface area contributed by atoms with Gasteiger partial charge in [0.25, 0.3) is 0 Å². The molecule has 0 bridgehead atoms. The molecule has 0 aromatic heterocycles. The van der Waals surface area contributed by atoms with Crippen molar-refractivity contribution in [2.24, 2.45) is 5.92 Å². The molecule has 15 heavy (non-hydrogen) atoms. The smallest absolute Gasteiger partial charge is 0.0219 e. The lowest BCUT2D eigenvalue weighted by atomic mass is 9.97. The maximum absolute atomic E-state index is 3.54. The van der Waals surface area contributed by atoms with Crippen molar-refractivity contribution >= 4 is 0 Å². The first-order valence-electron chi connectivity index (χ1n) is 6.45. The Morgan fingerprint density at radius 3 is 2.87 bits per heavy atom. The fraction of sp³-hybridized carbons (Fsp3) is 1.00. The van der Waals surface area contributed by atoms with E-state index in [-0.39, 0.29) is 0 Å². The Balaban J connectivity index is 1.81. The molecule has 0 radical (unpaired) electrons. The largest absolute Gasteiger partial charge is 0.316 e. The van der Waals surface area contributed by atoms with Crippen molar-refractivity contribution in [1.29, 1.82) is 0 Å². The van der Waals surface area contributed by atoms with Gasteiger partial charge < -0.3 is 10.6 Å². The zero-order valence-corrected chi connectivity index (χ0v) is 10.1. The third-order valence-electron chi connectivity index (χ3n) is 4.06. The maximum atomic E-state index is 3.54. The molecule has 3 heteroatoms. The highest BCUT2D eigenvalue weighted by atomic mass is 15.2. The van der Waals surface area contributed by atoms with Gasteiger partial charge in [-0.15, -0.1) is 0 Å². The molecule has 2 saturated heterocycles. The molecule has 3 atom stereocenters. The molecule has 2 aliphatic heterocycles. The molecule has 0 spiro atoms. The number of rotatable bonds is 2. The van der Waals surface area contributed by atoms with Crippen LogP contribution in [0.1, 0.15) is 26.7 Å². The molecule has 88 valence electrons.